The molecule has 0 amide bonds. The van der Waals surface area contributed by atoms with Crippen molar-refractivity contribution in [1.82, 2.24) is 0 Å². The van der Waals surface area contributed by atoms with Crippen molar-refractivity contribution in [3.63, 3.8) is 0 Å². The summed E-state index contributed by atoms with van der Waals surface area (Å²) in [5, 5.41) is 3.26. The number of benzene rings is 2. The average Bonchev–Trinajstić information content (AvgIpc) is 2.35. The topological polar surface area (TPSA) is 46.2 Å². The Labute approximate surface area is 120 Å². The van der Waals surface area contributed by atoms with Gasteiger partial charge in [-0.3, -0.25) is 0 Å². The summed E-state index contributed by atoms with van der Waals surface area (Å²) >= 11 is 0. The number of nitrogens with one attached hydrogen (secondary N) is 1. The van der Waals surface area contributed by atoms with Crippen LogP contribution in [0.15, 0.2) is 47.4 Å². The van der Waals surface area contributed by atoms with E-state index in [-0.39, 0.29) is 0 Å². The predicted octanol–water partition coefficient (Wildman–Crippen LogP) is 3.32. The fraction of sp³-hybridized carbons (Fsp3) is 0.250. The molecule has 20 heavy (non-hydrogen) atoms. The van der Waals surface area contributed by atoms with Crippen LogP contribution in [0.2, 0.25) is 0 Å². The third kappa shape index (κ3) is 3.84. The highest BCUT2D eigenvalue weighted by Gasteiger charge is 2.07. The first-order valence-corrected chi connectivity index (χ1v) is 8.35. The summed E-state index contributed by atoms with van der Waals surface area (Å²) in [6, 6.07) is 13.3. The molecule has 2 rings (SSSR count). The Kier molecular flexibility index (Phi) is 4.14. The zero-order chi connectivity index (χ0) is 14.8. The van der Waals surface area contributed by atoms with E-state index in [4.69, 9.17) is 0 Å². The second-order valence-electron chi connectivity index (χ2n) is 5.15. The quantitative estimate of drug-likeness (QED) is 0.939. The van der Waals surface area contributed by atoms with Gasteiger partial charge in [-0.25, -0.2) is 8.42 Å². The molecule has 106 valence electrons. The molecule has 2 aromatic carbocycles. The third-order valence-electron chi connectivity index (χ3n) is 3.04. The lowest BCUT2D eigenvalue weighted by Crippen LogP contribution is -2.02. The number of aryl methyl sites for hydroxylation is 2. The number of hydrogen-bond acceptors (Lipinski definition) is 3. The molecule has 0 unspecified atom stereocenters. The molecule has 0 aliphatic rings. The molecule has 0 aliphatic heterocycles. The van der Waals surface area contributed by atoms with Crippen LogP contribution in [-0.4, -0.2) is 14.7 Å². The van der Waals surface area contributed by atoms with Crippen LogP contribution in [0.25, 0.3) is 0 Å². The van der Waals surface area contributed by atoms with Gasteiger partial charge in [-0.1, -0.05) is 35.4 Å². The Morgan fingerprint density at radius 2 is 1.65 bits per heavy atom. The normalized spacial score (nSPS) is 11.3. The molecule has 0 aromatic heterocycles. The monoisotopic (exact) mass is 289 g/mol. The van der Waals surface area contributed by atoms with Gasteiger partial charge >= 0.3 is 0 Å². The van der Waals surface area contributed by atoms with Crippen molar-refractivity contribution >= 4 is 15.5 Å². The minimum Gasteiger partial charge on any atom is -0.381 e. The van der Waals surface area contributed by atoms with Gasteiger partial charge in [0.05, 0.1) is 4.90 Å². The summed E-state index contributed by atoms with van der Waals surface area (Å²) in [6.45, 7) is 4.82. The van der Waals surface area contributed by atoms with Crippen molar-refractivity contribution in [2.45, 2.75) is 25.3 Å². The molecular formula is C16H19NO2S. The lowest BCUT2D eigenvalue weighted by Gasteiger charge is -2.09. The SMILES string of the molecule is Cc1cc(C)cc(CNc2cccc(S(C)(=O)=O)c2)c1. The maximum Gasteiger partial charge on any atom is 0.175 e. The summed E-state index contributed by atoms with van der Waals surface area (Å²) in [7, 11) is -3.16. The van der Waals surface area contributed by atoms with Gasteiger partial charge in [-0.15, -0.1) is 0 Å². The van der Waals surface area contributed by atoms with E-state index in [2.05, 4.69) is 37.4 Å². The van der Waals surface area contributed by atoms with Crippen molar-refractivity contribution in [3.05, 3.63) is 59.2 Å². The van der Waals surface area contributed by atoms with Crippen LogP contribution in [0.1, 0.15) is 16.7 Å². The van der Waals surface area contributed by atoms with Crippen molar-refractivity contribution in [3.8, 4) is 0 Å². The van der Waals surface area contributed by atoms with E-state index in [1.165, 1.54) is 22.9 Å². The predicted molar refractivity (Wildman–Crippen MR) is 82.8 cm³/mol. The summed E-state index contributed by atoms with van der Waals surface area (Å²) in [4.78, 5) is 0.336. The maximum absolute atomic E-state index is 11.5. The first-order chi connectivity index (χ1) is 9.34. The highest BCUT2D eigenvalue weighted by atomic mass is 32.2. The fourth-order valence-corrected chi connectivity index (χ4v) is 2.88. The van der Waals surface area contributed by atoms with E-state index in [1.807, 2.05) is 6.07 Å². The Morgan fingerprint density at radius 1 is 1.00 bits per heavy atom. The van der Waals surface area contributed by atoms with Crippen LogP contribution < -0.4 is 5.32 Å². The molecule has 0 fully saturated rings. The zero-order valence-electron chi connectivity index (χ0n) is 12.0. The lowest BCUT2D eigenvalue weighted by molar-refractivity contribution is 0.602. The summed E-state index contributed by atoms with van der Waals surface area (Å²) in [5.74, 6) is 0. The second-order valence-corrected chi connectivity index (χ2v) is 7.17. The van der Waals surface area contributed by atoms with Gasteiger partial charge in [0.1, 0.15) is 0 Å². The van der Waals surface area contributed by atoms with Crippen molar-refractivity contribution in [2.24, 2.45) is 0 Å². The first-order valence-electron chi connectivity index (χ1n) is 6.46. The molecule has 0 bridgehead atoms. The molecular weight excluding hydrogens is 270 g/mol. The minimum absolute atomic E-state index is 0.336. The number of anilines is 1. The summed E-state index contributed by atoms with van der Waals surface area (Å²) in [6.07, 6.45) is 1.22. The van der Waals surface area contributed by atoms with Gasteiger partial charge in [-0.05, 0) is 37.6 Å². The first kappa shape index (κ1) is 14.6. The van der Waals surface area contributed by atoms with Crippen LogP contribution in [0.3, 0.4) is 0 Å². The largest absolute Gasteiger partial charge is 0.381 e. The standard InChI is InChI=1S/C16H19NO2S/c1-12-7-13(2)9-14(8-12)11-17-15-5-4-6-16(10-15)20(3,18)19/h4-10,17H,11H2,1-3H3. The van der Waals surface area contributed by atoms with E-state index in [1.54, 1.807) is 18.2 Å². The van der Waals surface area contributed by atoms with E-state index < -0.39 is 9.84 Å². The number of rotatable bonds is 4. The van der Waals surface area contributed by atoms with Gasteiger partial charge < -0.3 is 5.32 Å². The molecule has 0 atom stereocenters. The third-order valence-corrected chi connectivity index (χ3v) is 4.15. The second kappa shape index (κ2) is 5.67. The van der Waals surface area contributed by atoms with E-state index in [0.717, 1.165) is 5.69 Å². The Balaban J connectivity index is 2.15. The van der Waals surface area contributed by atoms with Gasteiger partial charge in [0.2, 0.25) is 0 Å². The molecule has 1 N–H and O–H groups in total. The molecule has 0 saturated carbocycles. The van der Waals surface area contributed by atoms with E-state index >= 15 is 0 Å². The average molecular weight is 289 g/mol. The smallest absolute Gasteiger partial charge is 0.175 e. The van der Waals surface area contributed by atoms with Crippen LogP contribution in [0.4, 0.5) is 5.69 Å². The highest BCUT2D eigenvalue weighted by Crippen LogP contribution is 2.17. The number of hydrogen-bond donors (Lipinski definition) is 1. The molecule has 0 saturated heterocycles. The molecule has 2 aromatic rings. The number of sulfone groups is 1. The van der Waals surface area contributed by atoms with Crippen molar-refractivity contribution in [2.75, 3.05) is 11.6 Å². The Hall–Kier alpha value is -1.81. The van der Waals surface area contributed by atoms with Crippen LogP contribution in [-0.2, 0) is 16.4 Å². The van der Waals surface area contributed by atoms with E-state index in [0.29, 0.717) is 11.4 Å². The molecule has 0 spiro atoms. The molecule has 3 nitrogen and oxygen atoms in total. The van der Waals surface area contributed by atoms with Gasteiger partial charge in [0, 0.05) is 18.5 Å². The van der Waals surface area contributed by atoms with Crippen molar-refractivity contribution in [1.29, 1.82) is 0 Å². The molecule has 4 heteroatoms. The highest BCUT2D eigenvalue weighted by molar-refractivity contribution is 7.90. The van der Waals surface area contributed by atoms with Crippen molar-refractivity contribution < 1.29 is 8.42 Å². The molecule has 0 aliphatic carbocycles. The van der Waals surface area contributed by atoms with Crippen LogP contribution >= 0.6 is 0 Å². The Bertz CT molecular complexity index is 701. The molecule has 0 heterocycles. The Morgan fingerprint density at radius 3 is 2.25 bits per heavy atom. The minimum atomic E-state index is -3.16. The maximum atomic E-state index is 11.5. The van der Waals surface area contributed by atoms with Gasteiger partial charge in [0.25, 0.3) is 0 Å². The van der Waals surface area contributed by atoms with Gasteiger partial charge in [-0.2, -0.15) is 0 Å². The lowest BCUT2D eigenvalue weighted by atomic mass is 10.1. The summed E-state index contributed by atoms with van der Waals surface area (Å²) in [5.41, 5.74) is 4.46. The van der Waals surface area contributed by atoms with Crippen LogP contribution in [0.5, 0.6) is 0 Å². The fourth-order valence-electron chi connectivity index (χ4n) is 2.21. The molecule has 0 radical (unpaired) electrons. The van der Waals surface area contributed by atoms with E-state index in [9.17, 15) is 8.42 Å². The van der Waals surface area contributed by atoms with Gasteiger partial charge in [0.15, 0.2) is 9.84 Å². The zero-order valence-corrected chi connectivity index (χ0v) is 12.8. The summed E-state index contributed by atoms with van der Waals surface area (Å²) < 4.78 is 23.0. The van der Waals surface area contributed by atoms with Crippen LogP contribution in [0, 0.1) is 13.8 Å².